The highest BCUT2D eigenvalue weighted by Gasteiger charge is 2.29. The number of carbonyl (C=O) groups excluding carboxylic acids is 1. The molecule has 1 amide bonds. The zero-order valence-corrected chi connectivity index (χ0v) is 11.5. The molecule has 1 atom stereocenters. The molecule has 3 N–H and O–H groups in total. The van der Waals surface area contributed by atoms with Gasteiger partial charge in [-0.05, 0) is 49.3 Å². The van der Waals surface area contributed by atoms with Crippen LogP contribution in [0.1, 0.15) is 36.0 Å². The zero-order chi connectivity index (χ0) is 14.0. The van der Waals surface area contributed by atoms with Crippen LogP contribution in [0.15, 0.2) is 12.1 Å². The molecule has 4 heteroatoms. The fourth-order valence-electron chi connectivity index (χ4n) is 2.32. The molecule has 0 heterocycles. The lowest BCUT2D eigenvalue weighted by atomic mass is 10.1. The average Bonchev–Trinajstić information content (AvgIpc) is 3.17. The first-order valence-corrected chi connectivity index (χ1v) is 6.75. The van der Waals surface area contributed by atoms with Crippen molar-refractivity contribution >= 4 is 5.91 Å². The van der Waals surface area contributed by atoms with Crippen LogP contribution in [-0.2, 0) is 11.3 Å². The molecule has 1 aromatic rings. The van der Waals surface area contributed by atoms with Crippen LogP contribution in [0.3, 0.4) is 0 Å². The minimum Gasteiger partial charge on any atom is -0.352 e. The van der Waals surface area contributed by atoms with Crippen molar-refractivity contribution in [1.29, 1.82) is 0 Å². The van der Waals surface area contributed by atoms with Crippen LogP contribution < -0.4 is 11.1 Å². The van der Waals surface area contributed by atoms with Gasteiger partial charge in [0.15, 0.2) is 0 Å². The van der Waals surface area contributed by atoms with Crippen molar-refractivity contribution in [3.63, 3.8) is 0 Å². The summed E-state index contributed by atoms with van der Waals surface area (Å²) in [5.74, 6) is 0.325. The topological polar surface area (TPSA) is 55.1 Å². The minimum absolute atomic E-state index is 0.0170. The van der Waals surface area contributed by atoms with Gasteiger partial charge in [-0.15, -0.1) is 0 Å². The van der Waals surface area contributed by atoms with E-state index in [-0.39, 0.29) is 17.8 Å². The molecule has 0 spiro atoms. The molecule has 0 saturated heterocycles. The molecule has 19 heavy (non-hydrogen) atoms. The van der Waals surface area contributed by atoms with Crippen molar-refractivity contribution in [3.05, 3.63) is 34.6 Å². The van der Waals surface area contributed by atoms with E-state index in [1.807, 2.05) is 0 Å². The van der Waals surface area contributed by atoms with Gasteiger partial charge in [-0.2, -0.15) is 0 Å². The number of nitrogens with two attached hydrogens (primary N) is 1. The maximum atomic E-state index is 13.5. The summed E-state index contributed by atoms with van der Waals surface area (Å²) in [5, 5.41) is 2.85. The van der Waals surface area contributed by atoms with Crippen LogP contribution in [0.4, 0.5) is 4.39 Å². The lowest BCUT2D eigenvalue weighted by Crippen LogP contribution is -2.32. The summed E-state index contributed by atoms with van der Waals surface area (Å²) in [7, 11) is 0. The molecule has 3 nitrogen and oxygen atoms in total. The highest BCUT2D eigenvalue weighted by molar-refractivity contribution is 5.76. The summed E-state index contributed by atoms with van der Waals surface area (Å²) >= 11 is 0. The van der Waals surface area contributed by atoms with Crippen molar-refractivity contribution in [1.82, 2.24) is 5.32 Å². The Labute approximate surface area is 113 Å². The van der Waals surface area contributed by atoms with Crippen molar-refractivity contribution < 1.29 is 9.18 Å². The molecule has 0 aliphatic heterocycles. The van der Waals surface area contributed by atoms with E-state index in [0.717, 1.165) is 18.4 Å². The standard InChI is InChI=1S/C15H21FN2O/c1-9-5-11(6-10(2)15(9)16)8-18-14(19)7-13(17)12-3-4-12/h5-6,12-13H,3-4,7-8,17H2,1-2H3,(H,18,19). The highest BCUT2D eigenvalue weighted by Crippen LogP contribution is 2.32. The highest BCUT2D eigenvalue weighted by atomic mass is 19.1. The summed E-state index contributed by atoms with van der Waals surface area (Å²) in [5.41, 5.74) is 8.05. The van der Waals surface area contributed by atoms with Crippen molar-refractivity contribution in [3.8, 4) is 0 Å². The van der Waals surface area contributed by atoms with E-state index >= 15 is 0 Å². The van der Waals surface area contributed by atoms with Gasteiger partial charge in [0, 0.05) is 19.0 Å². The molecule has 1 aromatic carbocycles. The Hall–Kier alpha value is -1.42. The van der Waals surface area contributed by atoms with Crippen LogP contribution in [0.25, 0.3) is 0 Å². The lowest BCUT2D eigenvalue weighted by molar-refractivity contribution is -0.121. The van der Waals surface area contributed by atoms with Gasteiger partial charge in [-0.25, -0.2) is 4.39 Å². The molecule has 0 bridgehead atoms. The Balaban J connectivity index is 1.86. The van der Waals surface area contributed by atoms with Gasteiger partial charge in [0.1, 0.15) is 5.82 Å². The molecular formula is C15H21FN2O. The number of halogens is 1. The maximum absolute atomic E-state index is 13.5. The van der Waals surface area contributed by atoms with Crippen LogP contribution in [0, 0.1) is 25.6 Å². The first-order chi connectivity index (χ1) is 8.97. The van der Waals surface area contributed by atoms with E-state index < -0.39 is 0 Å². The Bertz CT molecular complexity index is 460. The number of hydrogen-bond acceptors (Lipinski definition) is 2. The number of rotatable bonds is 5. The summed E-state index contributed by atoms with van der Waals surface area (Å²) in [4.78, 5) is 11.7. The molecule has 1 fully saturated rings. The van der Waals surface area contributed by atoms with Crippen molar-refractivity contribution in [2.24, 2.45) is 11.7 Å². The second-order valence-corrected chi connectivity index (χ2v) is 5.53. The third kappa shape index (κ3) is 3.77. The van der Waals surface area contributed by atoms with Gasteiger partial charge < -0.3 is 11.1 Å². The molecule has 104 valence electrons. The van der Waals surface area contributed by atoms with E-state index in [1.165, 1.54) is 0 Å². The van der Waals surface area contributed by atoms with Crippen LogP contribution >= 0.6 is 0 Å². The first kappa shape index (κ1) is 14.0. The number of aryl methyl sites for hydroxylation is 2. The van der Waals surface area contributed by atoms with E-state index in [9.17, 15) is 9.18 Å². The Kier molecular flexibility index (Phi) is 4.20. The third-order valence-electron chi connectivity index (χ3n) is 3.63. The second kappa shape index (κ2) is 5.70. The summed E-state index contributed by atoms with van der Waals surface area (Å²) in [6.07, 6.45) is 2.67. The Morgan fingerprint density at radius 3 is 2.53 bits per heavy atom. The van der Waals surface area contributed by atoms with E-state index in [4.69, 9.17) is 5.73 Å². The Morgan fingerprint density at radius 2 is 2.00 bits per heavy atom. The number of hydrogen-bond donors (Lipinski definition) is 2. The van der Waals surface area contributed by atoms with Crippen LogP contribution in [-0.4, -0.2) is 11.9 Å². The summed E-state index contributed by atoms with van der Waals surface area (Å²) < 4.78 is 13.5. The van der Waals surface area contributed by atoms with Gasteiger partial charge in [0.05, 0.1) is 0 Å². The largest absolute Gasteiger partial charge is 0.352 e. The molecule has 2 rings (SSSR count). The summed E-state index contributed by atoms with van der Waals surface area (Å²) in [6.45, 7) is 3.89. The fourth-order valence-corrected chi connectivity index (χ4v) is 2.32. The number of amides is 1. The molecule has 1 unspecified atom stereocenters. The van der Waals surface area contributed by atoms with Gasteiger partial charge in [0.2, 0.25) is 5.91 Å². The molecule has 1 aliphatic carbocycles. The normalized spacial score (nSPS) is 16.2. The van der Waals surface area contributed by atoms with Gasteiger partial charge >= 0.3 is 0 Å². The van der Waals surface area contributed by atoms with E-state index in [1.54, 1.807) is 26.0 Å². The predicted molar refractivity (Wildman–Crippen MR) is 73.0 cm³/mol. The van der Waals surface area contributed by atoms with Crippen LogP contribution in [0.5, 0.6) is 0 Å². The van der Waals surface area contributed by atoms with Gasteiger partial charge in [0.25, 0.3) is 0 Å². The number of benzene rings is 1. The molecule has 1 saturated carbocycles. The first-order valence-electron chi connectivity index (χ1n) is 6.75. The van der Waals surface area contributed by atoms with Crippen LogP contribution in [0.2, 0.25) is 0 Å². The second-order valence-electron chi connectivity index (χ2n) is 5.53. The molecule has 0 aromatic heterocycles. The minimum atomic E-state index is -0.175. The van der Waals surface area contributed by atoms with Gasteiger partial charge in [-0.1, -0.05) is 12.1 Å². The number of nitrogens with one attached hydrogen (secondary N) is 1. The predicted octanol–water partition coefficient (Wildman–Crippen LogP) is 2.19. The van der Waals surface area contributed by atoms with Crippen molar-refractivity contribution in [2.75, 3.05) is 0 Å². The van der Waals surface area contributed by atoms with E-state index in [2.05, 4.69) is 5.32 Å². The fraction of sp³-hybridized carbons (Fsp3) is 0.533. The molecule has 0 radical (unpaired) electrons. The Morgan fingerprint density at radius 1 is 1.42 bits per heavy atom. The smallest absolute Gasteiger partial charge is 0.221 e. The van der Waals surface area contributed by atoms with E-state index in [0.29, 0.717) is 30.0 Å². The monoisotopic (exact) mass is 264 g/mol. The maximum Gasteiger partial charge on any atom is 0.221 e. The number of carbonyl (C=O) groups is 1. The zero-order valence-electron chi connectivity index (χ0n) is 11.5. The van der Waals surface area contributed by atoms with Crippen molar-refractivity contribution in [2.45, 2.75) is 45.7 Å². The lowest BCUT2D eigenvalue weighted by Gasteiger charge is -2.11. The quantitative estimate of drug-likeness (QED) is 0.856. The average molecular weight is 264 g/mol. The third-order valence-corrected chi connectivity index (χ3v) is 3.63. The SMILES string of the molecule is Cc1cc(CNC(=O)CC(N)C2CC2)cc(C)c1F. The summed E-state index contributed by atoms with van der Waals surface area (Å²) in [6, 6.07) is 3.52. The molecule has 1 aliphatic rings. The molecular weight excluding hydrogens is 243 g/mol. The van der Waals surface area contributed by atoms with Gasteiger partial charge in [-0.3, -0.25) is 4.79 Å².